The number of methoxy groups -OCH3 is 1. The van der Waals surface area contributed by atoms with Crippen molar-refractivity contribution in [1.29, 1.82) is 0 Å². The van der Waals surface area contributed by atoms with E-state index in [-0.39, 0.29) is 5.70 Å². The van der Waals surface area contributed by atoms with Crippen molar-refractivity contribution in [2.75, 3.05) is 7.11 Å². The molecule has 0 saturated carbocycles. The van der Waals surface area contributed by atoms with E-state index in [0.29, 0.717) is 11.3 Å². The number of esters is 1. The molecule has 1 aliphatic heterocycles. The zero-order chi connectivity index (χ0) is 16.0. The number of hydrogen-bond acceptors (Lipinski definition) is 3. The molecule has 1 amide bonds. The van der Waals surface area contributed by atoms with Gasteiger partial charge in [0.1, 0.15) is 5.54 Å². The molecular formula is C15H17BrNO4+. The van der Waals surface area contributed by atoms with Crippen LogP contribution in [0, 0.1) is 0 Å². The third-order valence-electron chi connectivity index (χ3n) is 3.69. The van der Waals surface area contributed by atoms with Crippen LogP contribution in [0.3, 0.4) is 0 Å². The number of carbonyl (C=O) groups excluding carboxylic acids is 1. The Morgan fingerprint density at radius 1 is 1.29 bits per heavy atom. The standard InChI is InChI=1S/C15H16BrNO4/c1-15(2,3)17(14(19)20)11-6-5-10(16)7-9(11)8-12(17)13(18)21-4/h5-8H,1-4H3/p+1. The normalized spacial score (nSPS) is 20.7. The van der Waals surface area contributed by atoms with Crippen LogP contribution in [-0.2, 0) is 9.53 Å². The Hall–Kier alpha value is -1.66. The number of fused-ring (bicyclic) bond motifs is 1. The summed E-state index contributed by atoms with van der Waals surface area (Å²) in [7, 11) is 1.25. The molecule has 0 bridgehead atoms. The maximum atomic E-state index is 12.2. The number of carbonyl (C=O) groups is 2. The first-order valence-electron chi connectivity index (χ1n) is 6.39. The minimum atomic E-state index is -1.11. The van der Waals surface area contributed by atoms with Gasteiger partial charge in [-0.05, 0) is 32.9 Å². The first-order chi connectivity index (χ1) is 9.66. The quantitative estimate of drug-likeness (QED) is 0.615. The molecule has 21 heavy (non-hydrogen) atoms. The Balaban J connectivity index is 2.86. The van der Waals surface area contributed by atoms with Crippen LogP contribution in [0.5, 0.6) is 0 Å². The van der Waals surface area contributed by atoms with Gasteiger partial charge in [0.25, 0.3) is 0 Å². The molecule has 1 aliphatic rings. The molecule has 0 radical (unpaired) electrons. The molecule has 2 rings (SSSR count). The number of ether oxygens (including phenoxy) is 1. The van der Waals surface area contributed by atoms with Gasteiger partial charge in [0, 0.05) is 22.2 Å². The van der Waals surface area contributed by atoms with Crippen LogP contribution >= 0.6 is 15.9 Å². The molecule has 1 aromatic carbocycles. The van der Waals surface area contributed by atoms with Gasteiger partial charge in [-0.15, -0.1) is 4.48 Å². The molecular weight excluding hydrogens is 338 g/mol. The van der Waals surface area contributed by atoms with Crippen LogP contribution in [0.15, 0.2) is 28.4 Å². The highest BCUT2D eigenvalue weighted by Crippen LogP contribution is 2.47. The van der Waals surface area contributed by atoms with Crippen LogP contribution in [0.2, 0.25) is 0 Å². The summed E-state index contributed by atoms with van der Waals surface area (Å²) in [6, 6.07) is 5.30. The number of halogens is 1. The molecule has 1 aromatic rings. The predicted octanol–water partition coefficient (Wildman–Crippen LogP) is 3.76. The first-order valence-corrected chi connectivity index (χ1v) is 7.19. The van der Waals surface area contributed by atoms with E-state index in [2.05, 4.69) is 15.9 Å². The van der Waals surface area contributed by atoms with Gasteiger partial charge < -0.3 is 9.84 Å². The van der Waals surface area contributed by atoms with Crippen molar-refractivity contribution in [1.82, 2.24) is 4.48 Å². The van der Waals surface area contributed by atoms with Crippen molar-refractivity contribution in [2.45, 2.75) is 26.3 Å². The van der Waals surface area contributed by atoms with Gasteiger partial charge >= 0.3 is 12.1 Å². The van der Waals surface area contributed by atoms with Gasteiger partial charge in [-0.25, -0.2) is 4.79 Å². The lowest BCUT2D eigenvalue weighted by atomic mass is 9.99. The van der Waals surface area contributed by atoms with Crippen LogP contribution in [0.25, 0.3) is 6.08 Å². The van der Waals surface area contributed by atoms with E-state index in [9.17, 15) is 14.7 Å². The Bertz CT molecular complexity index is 660. The molecule has 0 fully saturated rings. The average molecular weight is 355 g/mol. The summed E-state index contributed by atoms with van der Waals surface area (Å²) in [5, 5.41) is 9.94. The Labute approximate surface area is 131 Å². The smallest absolute Gasteiger partial charge is 0.462 e. The van der Waals surface area contributed by atoms with E-state index < -0.39 is 22.1 Å². The van der Waals surface area contributed by atoms with Crippen LogP contribution in [0.4, 0.5) is 10.5 Å². The third kappa shape index (κ3) is 2.10. The highest BCUT2D eigenvalue weighted by molar-refractivity contribution is 9.10. The number of carboxylic acid groups (broad SMARTS) is 1. The molecule has 1 heterocycles. The third-order valence-corrected chi connectivity index (χ3v) is 4.19. The van der Waals surface area contributed by atoms with Gasteiger partial charge in [-0.2, -0.15) is 4.79 Å². The number of nitrogens with zero attached hydrogens (tertiary/aromatic N) is 1. The van der Waals surface area contributed by atoms with Gasteiger partial charge in [0.05, 0.1) is 7.11 Å². The van der Waals surface area contributed by atoms with E-state index in [0.717, 1.165) is 4.47 Å². The summed E-state index contributed by atoms with van der Waals surface area (Å²) >= 11 is 3.36. The van der Waals surface area contributed by atoms with Crippen molar-refractivity contribution in [3.05, 3.63) is 33.9 Å². The summed E-state index contributed by atoms with van der Waals surface area (Å²) in [5.74, 6) is -0.639. The molecule has 0 saturated heterocycles. The second-order valence-electron chi connectivity index (χ2n) is 5.85. The number of amides is 1. The number of hydrogen-bond donors (Lipinski definition) is 1. The fourth-order valence-corrected chi connectivity index (χ4v) is 3.22. The Morgan fingerprint density at radius 3 is 2.38 bits per heavy atom. The number of quaternary nitrogens is 1. The first kappa shape index (κ1) is 15.7. The largest absolute Gasteiger partial charge is 0.524 e. The van der Waals surface area contributed by atoms with Crippen molar-refractivity contribution in [3.8, 4) is 0 Å². The zero-order valence-corrected chi connectivity index (χ0v) is 13.9. The van der Waals surface area contributed by atoms with Crippen LogP contribution < -0.4 is 4.48 Å². The summed E-state index contributed by atoms with van der Waals surface area (Å²) in [6.07, 6.45) is 0.478. The molecule has 1 atom stereocenters. The molecule has 0 aromatic heterocycles. The number of rotatable bonds is 1. The van der Waals surface area contributed by atoms with E-state index >= 15 is 0 Å². The van der Waals surface area contributed by atoms with Gasteiger partial charge in [-0.1, -0.05) is 15.9 Å². The lowest BCUT2D eigenvalue weighted by molar-refractivity contribution is -0.138. The lowest BCUT2D eigenvalue weighted by Gasteiger charge is -2.40. The highest BCUT2D eigenvalue weighted by atomic mass is 79.9. The Kier molecular flexibility index (Phi) is 3.71. The van der Waals surface area contributed by atoms with E-state index in [1.165, 1.54) is 7.11 Å². The lowest BCUT2D eigenvalue weighted by Crippen LogP contribution is -2.64. The monoisotopic (exact) mass is 354 g/mol. The van der Waals surface area contributed by atoms with Crippen molar-refractivity contribution in [2.24, 2.45) is 0 Å². The van der Waals surface area contributed by atoms with Crippen molar-refractivity contribution >= 4 is 39.8 Å². The highest BCUT2D eigenvalue weighted by Gasteiger charge is 2.60. The number of benzene rings is 1. The molecule has 112 valence electrons. The van der Waals surface area contributed by atoms with E-state index in [1.807, 2.05) is 0 Å². The van der Waals surface area contributed by atoms with E-state index in [1.54, 1.807) is 45.0 Å². The minimum absolute atomic E-state index is 0.102. The molecule has 0 aliphatic carbocycles. The minimum Gasteiger partial charge on any atom is -0.462 e. The van der Waals surface area contributed by atoms with Gasteiger partial charge in [0.2, 0.25) is 5.70 Å². The van der Waals surface area contributed by atoms with E-state index in [4.69, 9.17) is 4.74 Å². The average Bonchev–Trinajstić information content (AvgIpc) is 2.72. The van der Waals surface area contributed by atoms with Gasteiger partial charge in [0.15, 0.2) is 5.69 Å². The fourth-order valence-electron chi connectivity index (χ4n) is 2.84. The Morgan fingerprint density at radius 2 is 1.90 bits per heavy atom. The van der Waals surface area contributed by atoms with Crippen LogP contribution in [0.1, 0.15) is 26.3 Å². The molecule has 5 nitrogen and oxygen atoms in total. The maximum Gasteiger partial charge on any atom is 0.524 e. The summed E-state index contributed by atoms with van der Waals surface area (Å²) in [5.41, 5.74) is 0.594. The molecule has 6 heteroatoms. The topological polar surface area (TPSA) is 63.6 Å². The molecule has 1 N–H and O–H groups in total. The fraction of sp³-hybridized carbons (Fsp3) is 0.333. The second kappa shape index (κ2) is 4.96. The van der Waals surface area contributed by atoms with Gasteiger partial charge in [-0.3, -0.25) is 0 Å². The predicted molar refractivity (Wildman–Crippen MR) is 83.7 cm³/mol. The summed E-state index contributed by atoms with van der Waals surface area (Å²) in [4.78, 5) is 24.3. The summed E-state index contributed by atoms with van der Waals surface area (Å²) < 4.78 is 5.04. The molecule has 1 unspecified atom stereocenters. The van der Waals surface area contributed by atoms with Crippen LogP contribution in [-0.4, -0.2) is 29.8 Å². The summed E-state index contributed by atoms with van der Waals surface area (Å²) in [6.45, 7) is 5.36. The SMILES string of the molecule is COC(=O)C1=Cc2cc(Br)ccc2[N+]1(C(=O)O)C(C)(C)C. The molecule has 0 spiro atoms. The zero-order valence-electron chi connectivity index (χ0n) is 12.3. The maximum absolute atomic E-state index is 12.2. The van der Waals surface area contributed by atoms with Crippen molar-refractivity contribution in [3.63, 3.8) is 0 Å². The second-order valence-corrected chi connectivity index (χ2v) is 6.76. The van der Waals surface area contributed by atoms with Crippen molar-refractivity contribution < 1.29 is 19.4 Å².